The highest BCUT2D eigenvalue weighted by atomic mass is 16.5. The minimum absolute atomic E-state index is 0.000159. The standard InChI is InChI=1S/C63H100N16O15/c1-11-36(8)51-61(90)76-50(35(6)7)60(89)74-46(31-37-19-22-39(93-9)23-20-37)56(85)69-29-15-17-42(66)54(83)79-78-52(81)40-32-38(21-25-47(40)94-10)70-62(91)63(92)72-43(18-12-13-27-64)57(86)73-45(30-33(2)3)55(84)68-28-14-16-41(65)53(82)75-49(34(4)5)59(88)71-44(58(87)77-51)24-26-48(67)80/h19-23,25,32-36,41-46,49-51H,11-18,24,26-31,64-66H2,1-10H3,(H2,67,80)(H,68,84)(H,69,85)(H,70,91)(H,71,88)(H,72,92)(H,73,86)(H,74,89)(H,75,82)(H,76,90)(H,77,87)(H,78,81)(H,79,83)/t36-,41-,42-,43-,44-,45-,46-,49-,50-,51-/m0/s1. The summed E-state index contributed by atoms with van der Waals surface area (Å²) in [5, 5.41) is 26.4. The summed E-state index contributed by atoms with van der Waals surface area (Å²) in [4.78, 5) is 178. The van der Waals surface area contributed by atoms with Crippen molar-refractivity contribution in [3.05, 3.63) is 53.6 Å². The van der Waals surface area contributed by atoms with Crippen molar-refractivity contribution < 1.29 is 71.8 Å². The number of primary amides is 1. The molecule has 522 valence electrons. The van der Waals surface area contributed by atoms with Gasteiger partial charge in [0.25, 0.3) is 11.8 Å². The van der Waals surface area contributed by atoms with Crippen LogP contribution < -0.4 is 96.4 Å². The molecule has 1 heterocycles. The quantitative estimate of drug-likeness (QED) is 0.0620. The van der Waals surface area contributed by atoms with Crippen LogP contribution in [-0.2, 0) is 64.0 Å². The van der Waals surface area contributed by atoms with Gasteiger partial charge in [0.15, 0.2) is 0 Å². The fraction of sp³-hybridized carbons (Fsp3) is 0.603. The SMILES string of the molecule is CC[C@H](C)[C@@H]1NC(=O)[C@H](CCC(N)=O)NC(=O)[C@H](C(C)C)NC(=O)[C@@H](N)CCCNC(=O)[C@H](CC(C)C)NC(=O)[C@H](CCCCN)NC(=O)C(=O)Nc2ccc(OC)c(c2)C(=O)NNC(=O)[C@@H](N)CCCNC(=O)[C@H](Cc2ccc(OC)cc2)NC(=O)[C@H](C(C)C)NC1=O. The van der Waals surface area contributed by atoms with Crippen molar-refractivity contribution in [3.8, 4) is 11.5 Å². The van der Waals surface area contributed by atoms with Crippen molar-refractivity contribution in [2.75, 3.05) is 39.2 Å². The number of carbonyl (C=O) groups excluding carboxylic acids is 13. The second-order valence-electron chi connectivity index (χ2n) is 24.4. The zero-order chi connectivity index (χ0) is 70.4. The first-order valence-corrected chi connectivity index (χ1v) is 31.8. The summed E-state index contributed by atoms with van der Waals surface area (Å²) in [5.74, 6) is -12.4. The Bertz CT molecular complexity index is 2930. The number of unbranched alkanes of at least 4 members (excludes halogenated alkanes) is 1. The average molecular weight is 1320 g/mol. The first-order chi connectivity index (χ1) is 44.4. The predicted molar refractivity (Wildman–Crippen MR) is 348 cm³/mol. The van der Waals surface area contributed by atoms with E-state index in [1.165, 1.54) is 32.4 Å². The summed E-state index contributed by atoms with van der Waals surface area (Å²) < 4.78 is 10.6. The molecule has 2 aromatic carbocycles. The smallest absolute Gasteiger partial charge is 0.313 e. The number of hydrazine groups is 1. The van der Waals surface area contributed by atoms with Crippen LogP contribution in [0.5, 0.6) is 11.5 Å². The van der Waals surface area contributed by atoms with Gasteiger partial charge in [-0.25, -0.2) is 0 Å². The van der Waals surface area contributed by atoms with Gasteiger partial charge in [-0.1, -0.05) is 73.9 Å². The van der Waals surface area contributed by atoms with Gasteiger partial charge in [-0.3, -0.25) is 73.2 Å². The Hall–Kier alpha value is -8.97. The molecule has 10 atom stereocenters. The van der Waals surface area contributed by atoms with Crippen LogP contribution in [0.2, 0.25) is 0 Å². The highest BCUT2D eigenvalue weighted by molar-refractivity contribution is 6.40. The van der Waals surface area contributed by atoms with Crippen LogP contribution in [0.25, 0.3) is 0 Å². The third-order valence-electron chi connectivity index (χ3n) is 15.6. The number of rotatable bonds is 17. The van der Waals surface area contributed by atoms with E-state index in [1.807, 2.05) is 13.8 Å². The van der Waals surface area contributed by atoms with E-state index < -0.39 is 149 Å². The van der Waals surface area contributed by atoms with E-state index in [1.54, 1.807) is 65.8 Å². The number of nitrogens with two attached hydrogens (primary N) is 4. The molecule has 1 aliphatic rings. The number of nitrogens with one attached hydrogen (secondary N) is 12. The highest BCUT2D eigenvalue weighted by Gasteiger charge is 2.37. The fourth-order valence-electron chi connectivity index (χ4n) is 9.78. The van der Waals surface area contributed by atoms with Crippen LogP contribution in [0.1, 0.15) is 142 Å². The van der Waals surface area contributed by atoms with Crippen molar-refractivity contribution in [2.45, 2.75) is 187 Å². The Kier molecular flexibility index (Phi) is 33.9. The normalized spacial score (nSPS) is 23.7. The van der Waals surface area contributed by atoms with E-state index in [9.17, 15) is 62.3 Å². The molecule has 0 unspecified atom stereocenters. The van der Waals surface area contributed by atoms with E-state index >= 15 is 0 Å². The van der Waals surface area contributed by atoms with Gasteiger partial charge in [0.2, 0.25) is 53.2 Å². The fourth-order valence-corrected chi connectivity index (χ4v) is 9.78. The van der Waals surface area contributed by atoms with Crippen molar-refractivity contribution in [1.29, 1.82) is 0 Å². The Labute approximate surface area is 548 Å². The van der Waals surface area contributed by atoms with Crippen molar-refractivity contribution in [1.82, 2.24) is 58.7 Å². The van der Waals surface area contributed by atoms with Crippen LogP contribution >= 0.6 is 0 Å². The molecule has 31 heteroatoms. The van der Waals surface area contributed by atoms with Crippen LogP contribution in [0.15, 0.2) is 42.5 Å². The molecule has 0 aliphatic carbocycles. The molecule has 13 amide bonds. The Morgan fingerprint density at radius 1 is 0.543 bits per heavy atom. The number of benzene rings is 2. The minimum Gasteiger partial charge on any atom is -0.497 e. The van der Waals surface area contributed by atoms with Crippen LogP contribution in [-0.4, -0.2) is 165 Å². The lowest BCUT2D eigenvalue weighted by Gasteiger charge is -2.31. The zero-order valence-corrected chi connectivity index (χ0v) is 55.6. The van der Waals surface area contributed by atoms with E-state index in [4.69, 9.17) is 32.4 Å². The number of fused-ring (bicyclic) bond motifs is 2. The molecular weight excluding hydrogens is 1220 g/mol. The summed E-state index contributed by atoms with van der Waals surface area (Å²) in [5.41, 5.74) is 28.6. The van der Waals surface area contributed by atoms with E-state index in [0.29, 0.717) is 30.6 Å². The molecule has 0 fully saturated rings. The van der Waals surface area contributed by atoms with Gasteiger partial charge in [-0.05, 0) is 124 Å². The third-order valence-corrected chi connectivity index (χ3v) is 15.6. The first-order valence-electron chi connectivity index (χ1n) is 31.8. The van der Waals surface area contributed by atoms with Crippen LogP contribution in [0, 0.1) is 23.7 Å². The van der Waals surface area contributed by atoms with E-state index in [-0.39, 0.29) is 100 Å². The molecule has 31 nitrogen and oxygen atoms in total. The van der Waals surface area contributed by atoms with Gasteiger partial charge in [0, 0.05) is 31.6 Å². The van der Waals surface area contributed by atoms with Gasteiger partial charge in [-0.2, -0.15) is 0 Å². The van der Waals surface area contributed by atoms with Gasteiger partial charge in [0.1, 0.15) is 53.8 Å². The third kappa shape index (κ3) is 26.6. The molecular formula is C63H100N16O15. The molecule has 0 spiro atoms. The summed E-state index contributed by atoms with van der Waals surface area (Å²) >= 11 is 0. The van der Waals surface area contributed by atoms with Gasteiger partial charge in [0.05, 0.1) is 31.9 Å². The second-order valence-corrected chi connectivity index (χ2v) is 24.4. The summed E-state index contributed by atoms with van der Waals surface area (Å²) in [6.45, 7) is 13.9. The lowest BCUT2D eigenvalue weighted by atomic mass is 9.95. The number of methoxy groups -OCH3 is 2. The number of hydrogen-bond acceptors (Lipinski definition) is 18. The van der Waals surface area contributed by atoms with Crippen molar-refractivity contribution in [2.24, 2.45) is 46.6 Å². The Balaban J connectivity index is 2.04. The molecule has 2 aromatic rings. The molecule has 0 saturated heterocycles. The monoisotopic (exact) mass is 1320 g/mol. The predicted octanol–water partition coefficient (Wildman–Crippen LogP) is -1.70. The van der Waals surface area contributed by atoms with Gasteiger partial charge < -0.3 is 85.6 Å². The summed E-state index contributed by atoms with van der Waals surface area (Å²) in [7, 11) is 2.75. The molecule has 20 N–H and O–H groups in total. The van der Waals surface area contributed by atoms with Crippen molar-refractivity contribution in [3.63, 3.8) is 0 Å². The maximum Gasteiger partial charge on any atom is 0.313 e. The minimum atomic E-state index is -1.48. The lowest BCUT2D eigenvalue weighted by molar-refractivity contribution is -0.138. The van der Waals surface area contributed by atoms with Crippen LogP contribution in [0.3, 0.4) is 0 Å². The number of hydrogen-bond donors (Lipinski definition) is 16. The maximum atomic E-state index is 14.4. The van der Waals surface area contributed by atoms with Crippen LogP contribution in [0.4, 0.5) is 5.69 Å². The number of ether oxygens (including phenoxy) is 2. The average Bonchev–Trinajstić information content (AvgIpc) is 0.870. The molecule has 0 saturated carbocycles. The topological polar surface area (TPSA) is 489 Å². The molecule has 0 radical (unpaired) electrons. The maximum absolute atomic E-state index is 14.4. The number of anilines is 1. The van der Waals surface area contributed by atoms with Gasteiger partial charge >= 0.3 is 11.8 Å². The molecule has 1 aliphatic heterocycles. The second kappa shape index (κ2) is 40.2. The molecule has 3 rings (SSSR count). The molecule has 94 heavy (non-hydrogen) atoms. The first kappa shape index (κ1) is 79.3. The van der Waals surface area contributed by atoms with Gasteiger partial charge in [-0.15, -0.1) is 0 Å². The summed E-state index contributed by atoms with van der Waals surface area (Å²) in [6, 6.07) is -0.961. The largest absolute Gasteiger partial charge is 0.497 e. The molecule has 0 aromatic heterocycles. The zero-order valence-electron chi connectivity index (χ0n) is 55.6. The van der Waals surface area contributed by atoms with Crippen molar-refractivity contribution >= 4 is 82.5 Å². The Morgan fingerprint density at radius 3 is 1.61 bits per heavy atom. The Morgan fingerprint density at radius 2 is 1.06 bits per heavy atom. The highest BCUT2D eigenvalue weighted by Crippen LogP contribution is 2.23. The van der Waals surface area contributed by atoms with E-state index in [2.05, 4.69) is 64.0 Å². The molecule has 2 bridgehead atoms. The summed E-state index contributed by atoms with van der Waals surface area (Å²) in [6.07, 6.45) is 0.809. The number of carbonyl (C=O) groups is 13. The lowest BCUT2D eigenvalue weighted by Crippen LogP contribution is -2.61. The van der Waals surface area contributed by atoms with E-state index in [0.717, 1.165) is 0 Å². The number of amides is 13.